The second kappa shape index (κ2) is 10.3. The first kappa shape index (κ1) is 24.2. The van der Waals surface area contributed by atoms with Gasteiger partial charge < -0.3 is 10.6 Å². The summed E-state index contributed by atoms with van der Waals surface area (Å²) in [6.07, 6.45) is 8.23. The minimum atomic E-state index is -0.0900. The van der Waals surface area contributed by atoms with Crippen LogP contribution in [0.3, 0.4) is 0 Å². The third-order valence-corrected chi connectivity index (χ3v) is 6.11. The van der Waals surface area contributed by atoms with Crippen molar-refractivity contribution < 1.29 is 9.59 Å². The van der Waals surface area contributed by atoms with Gasteiger partial charge in [0.25, 0.3) is 0 Å². The highest BCUT2D eigenvalue weighted by molar-refractivity contribution is 14.0. The zero-order valence-electron chi connectivity index (χ0n) is 18.2. The number of likely N-dealkylation sites (tertiary alicyclic amines) is 1. The van der Waals surface area contributed by atoms with E-state index < -0.39 is 0 Å². The number of hydrogen-bond donors (Lipinski definition) is 2. The lowest BCUT2D eigenvalue weighted by Crippen LogP contribution is -2.38. The third-order valence-electron chi connectivity index (χ3n) is 6.11. The number of nitrogens with zero attached hydrogens (tertiary/aromatic N) is 2. The molecular weight excluding hydrogens is 479 g/mol. The van der Waals surface area contributed by atoms with Gasteiger partial charge in [0.15, 0.2) is 5.96 Å². The highest BCUT2D eigenvalue weighted by Crippen LogP contribution is 2.52. The zero-order chi connectivity index (χ0) is 20.3. The zero-order valence-corrected chi connectivity index (χ0v) is 20.6. The predicted molar refractivity (Wildman–Crippen MR) is 127 cm³/mol. The van der Waals surface area contributed by atoms with Gasteiger partial charge in [-0.05, 0) is 49.9 Å². The van der Waals surface area contributed by atoms with E-state index in [9.17, 15) is 9.59 Å². The number of allylic oxidation sites excluding steroid dienone is 2. The topological polar surface area (TPSA) is 73.8 Å². The lowest BCUT2D eigenvalue weighted by atomic mass is 9.85. The first-order valence-corrected chi connectivity index (χ1v) is 10.9. The van der Waals surface area contributed by atoms with Crippen molar-refractivity contribution in [2.24, 2.45) is 34.1 Å². The predicted octanol–water partition coefficient (Wildman–Crippen LogP) is 3.18. The standard InChI is InChI=1S/C22H36N4O2.HI/c1-5-23-21(24-11-6-10-22(2,3)4)25-12-7-13-26-19(27)17-15-8-9-16(14-15)18(17)20(26)28;/h8-9,15-18H,5-7,10-14H2,1-4H3,(H2,23,24,25);1H. The molecule has 1 heterocycles. The molecule has 0 radical (unpaired) electrons. The molecule has 2 fully saturated rings. The largest absolute Gasteiger partial charge is 0.357 e. The van der Waals surface area contributed by atoms with Gasteiger partial charge in [-0.15, -0.1) is 24.0 Å². The molecule has 3 rings (SSSR count). The molecule has 1 saturated heterocycles. The van der Waals surface area contributed by atoms with Crippen molar-refractivity contribution in [1.82, 2.24) is 15.5 Å². The summed E-state index contributed by atoms with van der Waals surface area (Å²) in [5, 5.41) is 6.64. The number of halogens is 1. The van der Waals surface area contributed by atoms with E-state index >= 15 is 0 Å². The average Bonchev–Trinajstić information content (AvgIpc) is 3.30. The second-order valence-corrected chi connectivity index (χ2v) is 9.53. The van der Waals surface area contributed by atoms with Crippen molar-refractivity contribution in [3.63, 3.8) is 0 Å². The van der Waals surface area contributed by atoms with E-state index in [2.05, 4.69) is 55.5 Å². The summed E-state index contributed by atoms with van der Waals surface area (Å²) in [5.74, 6) is 1.29. The molecule has 1 saturated carbocycles. The summed E-state index contributed by atoms with van der Waals surface area (Å²) in [6.45, 7) is 11.6. The summed E-state index contributed by atoms with van der Waals surface area (Å²) in [7, 11) is 0. The van der Waals surface area contributed by atoms with Crippen LogP contribution in [0.4, 0.5) is 0 Å². The fourth-order valence-electron chi connectivity index (χ4n) is 4.77. The van der Waals surface area contributed by atoms with Gasteiger partial charge in [0, 0.05) is 26.2 Å². The Balaban J connectivity index is 0.00000300. The number of carbonyl (C=O) groups is 2. The van der Waals surface area contributed by atoms with Gasteiger partial charge in [-0.1, -0.05) is 32.9 Å². The molecule has 4 atom stereocenters. The van der Waals surface area contributed by atoms with Crippen LogP contribution in [0.15, 0.2) is 17.1 Å². The number of imide groups is 1. The van der Waals surface area contributed by atoms with Crippen LogP contribution in [-0.4, -0.2) is 48.9 Å². The summed E-state index contributed by atoms with van der Waals surface area (Å²) in [4.78, 5) is 31.5. The maximum Gasteiger partial charge on any atom is 0.233 e. The van der Waals surface area contributed by atoms with Crippen molar-refractivity contribution >= 4 is 41.8 Å². The molecule has 29 heavy (non-hydrogen) atoms. The van der Waals surface area contributed by atoms with Gasteiger partial charge in [0.2, 0.25) is 11.8 Å². The fraction of sp³-hybridized carbons (Fsp3) is 0.773. The van der Waals surface area contributed by atoms with Crippen molar-refractivity contribution in [2.75, 3.05) is 26.2 Å². The number of guanidine groups is 1. The van der Waals surface area contributed by atoms with Crippen molar-refractivity contribution in [2.45, 2.75) is 53.4 Å². The van der Waals surface area contributed by atoms with E-state index in [0.29, 0.717) is 24.9 Å². The molecule has 2 bridgehead atoms. The summed E-state index contributed by atoms with van der Waals surface area (Å²) in [6, 6.07) is 0. The normalized spacial score (nSPS) is 28.0. The molecule has 1 aliphatic heterocycles. The van der Waals surface area contributed by atoms with Crippen LogP contribution >= 0.6 is 24.0 Å². The SMILES string of the molecule is CCNC(=NCCCN1C(=O)C2C3C=CC(C3)C2C1=O)NCCCC(C)(C)C.I. The van der Waals surface area contributed by atoms with Crippen LogP contribution in [0, 0.1) is 29.1 Å². The number of hydrogen-bond acceptors (Lipinski definition) is 3. The highest BCUT2D eigenvalue weighted by Gasteiger charge is 2.58. The number of rotatable bonds is 8. The second-order valence-electron chi connectivity index (χ2n) is 9.53. The number of nitrogens with one attached hydrogen (secondary N) is 2. The molecule has 6 nitrogen and oxygen atoms in total. The molecule has 2 aliphatic carbocycles. The van der Waals surface area contributed by atoms with Crippen LogP contribution in [0.2, 0.25) is 0 Å². The van der Waals surface area contributed by atoms with E-state index in [1.54, 1.807) is 0 Å². The van der Waals surface area contributed by atoms with E-state index in [0.717, 1.165) is 38.3 Å². The van der Waals surface area contributed by atoms with Crippen LogP contribution in [0.1, 0.15) is 53.4 Å². The first-order chi connectivity index (χ1) is 13.3. The molecule has 2 amide bonds. The van der Waals surface area contributed by atoms with Crippen molar-refractivity contribution in [1.29, 1.82) is 0 Å². The molecule has 0 aromatic heterocycles. The van der Waals surface area contributed by atoms with Gasteiger partial charge >= 0.3 is 0 Å². The summed E-state index contributed by atoms with van der Waals surface area (Å²) in [5.41, 5.74) is 0.346. The highest BCUT2D eigenvalue weighted by atomic mass is 127. The van der Waals surface area contributed by atoms with Gasteiger partial charge in [-0.2, -0.15) is 0 Å². The molecule has 3 aliphatic rings. The number of fused-ring (bicyclic) bond motifs is 5. The van der Waals surface area contributed by atoms with E-state index in [-0.39, 0.29) is 59.5 Å². The minimum absolute atomic E-state index is 0. The monoisotopic (exact) mass is 516 g/mol. The molecule has 164 valence electrons. The molecule has 0 aromatic carbocycles. The molecule has 0 spiro atoms. The minimum Gasteiger partial charge on any atom is -0.357 e. The molecule has 0 aromatic rings. The van der Waals surface area contributed by atoms with Crippen LogP contribution in [-0.2, 0) is 9.59 Å². The average molecular weight is 516 g/mol. The van der Waals surface area contributed by atoms with Gasteiger partial charge in [0.05, 0.1) is 11.8 Å². The van der Waals surface area contributed by atoms with Crippen molar-refractivity contribution in [3.05, 3.63) is 12.2 Å². The van der Waals surface area contributed by atoms with Crippen LogP contribution < -0.4 is 10.6 Å². The van der Waals surface area contributed by atoms with E-state index in [1.165, 1.54) is 4.90 Å². The Kier molecular flexibility index (Phi) is 8.55. The van der Waals surface area contributed by atoms with Crippen molar-refractivity contribution in [3.8, 4) is 0 Å². The Morgan fingerprint density at radius 2 is 1.72 bits per heavy atom. The molecule has 4 unspecified atom stereocenters. The Morgan fingerprint density at radius 1 is 1.10 bits per heavy atom. The Labute approximate surface area is 192 Å². The third kappa shape index (κ3) is 5.73. The van der Waals surface area contributed by atoms with E-state index in [4.69, 9.17) is 0 Å². The molecular formula is C22H37IN4O2. The summed E-state index contributed by atoms with van der Waals surface area (Å²) < 4.78 is 0. The maximum atomic E-state index is 12.7. The smallest absolute Gasteiger partial charge is 0.233 e. The van der Waals surface area contributed by atoms with Gasteiger partial charge in [-0.3, -0.25) is 19.5 Å². The quantitative estimate of drug-likeness (QED) is 0.130. The summed E-state index contributed by atoms with van der Waals surface area (Å²) >= 11 is 0. The number of amides is 2. The first-order valence-electron chi connectivity index (χ1n) is 10.9. The maximum absolute atomic E-state index is 12.7. The lowest BCUT2D eigenvalue weighted by molar-refractivity contribution is -0.140. The Hall–Kier alpha value is -1.12. The number of carbonyl (C=O) groups excluding carboxylic acids is 2. The molecule has 2 N–H and O–H groups in total. The van der Waals surface area contributed by atoms with E-state index in [1.807, 2.05) is 0 Å². The van der Waals surface area contributed by atoms with Crippen LogP contribution in [0.5, 0.6) is 0 Å². The fourth-order valence-corrected chi connectivity index (χ4v) is 4.77. The number of aliphatic imine (C=N–C) groups is 1. The van der Waals surface area contributed by atoms with Crippen LogP contribution in [0.25, 0.3) is 0 Å². The lowest BCUT2D eigenvalue weighted by Gasteiger charge is -2.19. The Bertz CT molecular complexity index is 626. The Morgan fingerprint density at radius 3 is 2.28 bits per heavy atom. The molecule has 7 heteroatoms. The van der Waals surface area contributed by atoms with Gasteiger partial charge in [-0.25, -0.2) is 0 Å². The van der Waals surface area contributed by atoms with Gasteiger partial charge in [0.1, 0.15) is 0 Å².